The first kappa shape index (κ1) is 18.8. The second kappa shape index (κ2) is 8.63. The first-order valence-corrected chi connectivity index (χ1v) is 18.1. The maximum absolute atomic E-state index is 13.4. The molecule has 4 aromatic carbocycles. The number of ketones is 1. The zero-order chi connectivity index (χ0) is 19.2. The molecule has 0 aliphatic carbocycles. The summed E-state index contributed by atoms with van der Waals surface area (Å²) in [6.07, 6.45) is 0. The second-order valence-corrected chi connectivity index (χ2v) is 22.1. The normalized spacial score (nSPS) is 11.7. The van der Waals surface area contributed by atoms with Gasteiger partial charge in [0.05, 0.1) is 0 Å². The number of hydrogen-bond acceptors (Lipinski definition) is 1. The first-order chi connectivity index (χ1) is 13.8. The Balaban J connectivity index is 1.95. The standard InChI is InChI=1S/C8H7O.3C6H5.Bi.H/c1-7(9)8-5-3-2-4-6-8;3*1-2-4-6-5-3-1;;/h2-6H,1H2;3*1-5H;;. The molecular weight excluding hydrogens is 537 g/mol. The van der Waals surface area contributed by atoms with Crippen LogP contribution in [0.5, 0.6) is 0 Å². The Hall–Kier alpha value is -2.57. The van der Waals surface area contributed by atoms with Crippen LogP contribution in [0.1, 0.15) is 10.4 Å². The number of benzene rings is 4. The Morgan fingerprint density at radius 3 is 1.18 bits per heavy atom. The van der Waals surface area contributed by atoms with E-state index >= 15 is 0 Å². The van der Waals surface area contributed by atoms with E-state index < -0.39 is 20.3 Å². The molecule has 0 unspecified atom stereocenters. The molecule has 0 aliphatic heterocycles. The predicted octanol–water partition coefficient (Wildman–Crippen LogP) is 3.77. The van der Waals surface area contributed by atoms with Crippen molar-refractivity contribution in [2.75, 3.05) is 0 Å². The third kappa shape index (κ3) is 3.70. The van der Waals surface area contributed by atoms with Crippen LogP contribution < -0.4 is 9.81 Å². The van der Waals surface area contributed by atoms with Crippen LogP contribution in [0.4, 0.5) is 0 Å². The van der Waals surface area contributed by atoms with Crippen LogP contribution in [-0.2, 0) is 0 Å². The Morgan fingerprint density at radius 2 is 0.821 bits per heavy atom. The number of rotatable bonds is 6. The topological polar surface area (TPSA) is 17.1 Å². The minimum atomic E-state index is -3.70. The molecule has 138 valence electrons. The predicted molar refractivity (Wildman–Crippen MR) is 121 cm³/mol. The number of Topliss-reactive ketones (excluding diaryl/α,β-unsaturated/α-hetero) is 1. The molecule has 0 fully saturated rings. The summed E-state index contributed by atoms with van der Waals surface area (Å²) in [5.41, 5.74) is 0.801. The van der Waals surface area contributed by atoms with Gasteiger partial charge >= 0.3 is 172 Å². The quantitative estimate of drug-likeness (QED) is 0.259. The first-order valence-electron chi connectivity index (χ1n) is 9.55. The number of carbonyl (C=O) groups excluding carboxylic acids is 1. The molecule has 0 N–H and O–H groups in total. The fourth-order valence-electron chi connectivity index (χ4n) is 3.94. The summed E-state index contributed by atoms with van der Waals surface area (Å²) in [6.45, 7) is 0. The fraction of sp³-hybridized carbons (Fsp3) is 0.0385. The van der Waals surface area contributed by atoms with Gasteiger partial charge in [-0.2, -0.15) is 0 Å². The van der Waals surface area contributed by atoms with E-state index in [9.17, 15) is 4.79 Å². The maximum atomic E-state index is 13.4. The van der Waals surface area contributed by atoms with E-state index in [2.05, 4.69) is 91.0 Å². The molecule has 0 bridgehead atoms. The van der Waals surface area contributed by atoms with Crippen LogP contribution in [0.2, 0.25) is 4.13 Å². The van der Waals surface area contributed by atoms with Crippen LogP contribution in [0.15, 0.2) is 121 Å². The zero-order valence-corrected chi connectivity index (χ0v) is 19.5. The van der Waals surface area contributed by atoms with E-state index in [1.807, 2.05) is 30.3 Å². The van der Waals surface area contributed by atoms with E-state index in [0.29, 0.717) is 4.13 Å². The van der Waals surface area contributed by atoms with Gasteiger partial charge in [0.1, 0.15) is 0 Å². The molecule has 0 atom stereocenters. The Kier molecular flexibility index (Phi) is 5.79. The van der Waals surface area contributed by atoms with Gasteiger partial charge in [0, 0.05) is 0 Å². The van der Waals surface area contributed by atoms with Crippen LogP contribution >= 0.6 is 0 Å². The summed E-state index contributed by atoms with van der Waals surface area (Å²) in [5, 5.41) is 0. The molecule has 0 aliphatic rings. The SMILES string of the molecule is O=C([CH2][BiH]([c]1ccccc1)([c]1ccccc1)[c]1ccccc1)c1ccccc1. The van der Waals surface area contributed by atoms with Crippen LogP contribution in [0, 0.1) is 0 Å². The average molecular weight is 560 g/mol. The molecular formula is C26H23BiO. The minimum absolute atomic E-state index is 0.235. The average Bonchev–Trinajstić information content (AvgIpc) is 2.80. The molecule has 0 saturated carbocycles. The Morgan fingerprint density at radius 1 is 0.500 bits per heavy atom. The van der Waals surface area contributed by atoms with Crippen LogP contribution in [0.3, 0.4) is 0 Å². The van der Waals surface area contributed by atoms with Gasteiger partial charge in [0.25, 0.3) is 0 Å². The van der Waals surface area contributed by atoms with Crippen molar-refractivity contribution in [3.63, 3.8) is 0 Å². The summed E-state index contributed by atoms with van der Waals surface area (Å²) < 4.78 is 4.62. The van der Waals surface area contributed by atoms with Gasteiger partial charge in [0.2, 0.25) is 0 Å². The molecule has 4 rings (SSSR count). The van der Waals surface area contributed by atoms with Gasteiger partial charge in [-0.25, -0.2) is 0 Å². The van der Waals surface area contributed by atoms with Crippen molar-refractivity contribution in [1.82, 2.24) is 0 Å². The fourth-order valence-corrected chi connectivity index (χ4v) is 21.8. The molecule has 0 spiro atoms. The molecule has 2 heteroatoms. The van der Waals surface area contributed by atoms with Crippen molar-refractivity contribution in [3.8, 4) is 0 Å². The molecule has 0 aromatic heterocycles. The van der Waals surface area contributed by atoms with Gasteiger partial charge in [-0.05, 0) is 0 Å². The Labute approximate surface area is 171 Å². The van der Waals surface area contributed by atoms with Gasteiger partial charge in [-0.3, -0.25) is 0 Å². The Bertz CT molecular complexity index is 932. The number of carbonyl (C=O) groups is 1. The summed E-state index contributed by atoms with van der Waals surface area (Å²) in [4.78, 5) is 13.4. The van der Waals surface area contributed by atoms with Gasteiger partial charge < -0.3 is 0 Å². The van der Waals surface area contributed by atoms with Gasteiger partial charge in [-0.15, -0.1) is 0 Å². The third-order valence-electron chi connectivity index (χ3n) is 5.32. The van der Waals surface area contributed by atoms with E-state index in [0.717, 1.165) is 5.56 Å². The summed E-state index contributed by atoms with van der Waals surface area (Å²) in [6, 6.07) is 41.8. The molecule has 0 saturated heterocycles. The third-order valence-corrected chi connectivity index (χ3v) is 24.0. The molecule has 0 radical (unpaired) electrons. The monoisotopic (exact) mass is 560 g/mol. The van der Waals surface area contributed by atoms with E-state index in [4.69, 9.17) is 0 Å². The summed E-state index contributed by atoms with van der Waals surface area (Å²) in [5.74, 6) is 0.235. The molecule has 1 nitrogen and oxygen atoms in total. The van der Waals surface area contributed by atoms with Crippen molar-refractivity contribution >= 4 is 35.9 Å². The summed E-state index contributed by atoms with van der Waals surface area (Å²) >= 11 is -3.70. The van der Waals surface area contributed by atoms with Crippen molar-refractivity contribution in [1.29, 1.82) is 0 Å². The number of hydrogen-bond donors (Lipinski definition) is 0. The summed E-state index contributed by atoms with van der Waals surface area (Å²) in [7, 11) is 0. The zero-order valence-electron chi connectivity index (χ0n) is 15.7. The van der Waals surface area contributed by atoms with Crippen LogP contribution in [-0.4, -0.2) is 26.0 Å². The molecule has 4 aromatic rings. The molecule has 0 heterocycles. The van der Waals surface area contributed by atoms with Gasteiger partial charge in [-0.1, -0.05) is 0 Å². The van der Waals surface area contributed by atoms with Crippen LogP contribution in [0.25, 0.3) is 0 Å². The van der Waals surface area contributed by atoms with Gasteiger partial charge in [0.15, 0.2) is 0 Å². The van der Waals surface area contributed by atoms with Crippen molar-refractivity contribution < 1.29 is 4.79 Å². The molecule has 28 heavy (non-hydrogen) atoms. The van der Waals surface area contributed by atoms with Crippen molar-refractivity contribution in [2.45, 2.75) is 4.13 Å². The van der Waals surface area contributed by atoms with E-state index in [1.54, 1.807) is 0 Å². The van der Waals surface area contributed by atoms with E-state index in [-0.39, 0.29) is 5.78 Å². The molecule has 0 amide bonds. The second-order valence-electron chi connectivity index (χ2n) is 6.97. The van der Waals surface area contributed by atoms with Crippen molar-refractivity contribution in [3.05, 3.63) is 127 Å². The van der Waals surface area contributed by atoms with E-state index in [1.165, 1.54) is 9.81 Å². The van der Waals surface area contributed by atoms with Crippen molar-refractivity contribution in [2.24, 2.45) is 0 Å².